The first-order valence-corrected chi connectivity index (χ1v) is 10.4. The van der Waals surface area contributed by atoms with Gasteiger partial charge in [0.2, 0.25) is 5.91 Å². The highest BCUT2D eigenvalue weighted by atomic mass is 16.5. The van der Waals surface area contributed by atoms with Gasteiger partial charge in [0, 0.05) is 24.4 Å². The van der Waals surface area contributed by atoms with Gasteiger partial charge in [-0.3, -0.25) is 9.59 Å². The summed E-state index contributed by atoms with van der Waals surface area (Å²) in [6.45, 7) is 5.07. The molecule has 1 aliphatic rings. The normalized spacial score (nSPS) is 15.2. The average molecular weight is 424 g/mol. The number of carboxylic acids is 1. The smallest absolute Gasteiger partial charge is 0.407 e. The second kappa shape index (κ2) is 9.64. The molecule has 0 spiro atoms. The second-order valence-electron chi connectivity index (χ2n) is 8.06. The minimum absolute atomic E-state index is 0.0286. The standard InChI is InChI=1S/C24H28N2O5/c1-14(12-22(27)26-16(3)15(2)23(28)29)25-24(30)31-13-21-19-10-6-4-8-17(19)18-9-5-7-11-20(18)21/h4-11,14-16,21H,12-13H2,1-3H3,(H,25,30)(H,26,27)(H,28,29). The van der Waals surface area contributed by atoms with E-state index < -0.39 is 30.1 Å². The molecule has 3 N–H and O–H groups in total. The first-order valence-electron chi connectivity index (χ1n) is 10.4. The summed E-state index contributed by atoms with van der Waals surface area (Å²) in [5.41, 5.74) is 4.57. The summed E-state index contributed by atoms with van der Waals surface area (Å²) < 4.78 is 5.48. The van der Waals surface area contributed by atoms with Crippen molar-refractivity contribution in [3.8, 4) is 11.1 Å². The number of aliphatic carboxylic acids is 1. The number of amides is 2. The van der Waals surface area contributed by atoms with Crippen molar-refractivity contribution in [3.05, 3.63) is 59.7 Å². The van der Waals surface area contributed by atoms with Gasteiger partial charge in [-0.25, -0.2) is 4.79 Å². The molecule has 0 saturated carbocycles. The average Bonchev–Trinajstić information content (AvgIpc) is 3.05. The van der Waals surface area contributed by atoms with Gasteiger partial charge in [0.1, 0.15) is 6.61 Å². The predicted molar refractivity (Wildman–Crippen MR) is 117 cm³/mol. The van der Waals surface area contributed by atoms with Crippen molar-refractivity contribution in [1.82, 2.24) is 10.6 Å². The Bertz CT molecular complexity index is 928. The Labute approximate surface area is 181 Å². The number of carbonyl (C=O) groups excluding carboxylic acids is 2. The van der Waals surface area contributed by atoms with Gasteiger partial charge >= 0.3 is 12.1 Å². The highest BCUT2D eigenvalue weighted by Gasteiger charge is 2.29. The fourth-order valence-electron chi connectivity index (χ4n) is 3.82. The number of carboxylic acid groups (broad SMARTS) is 1. The van der Waals surface area contributed by atoms with Crippen LogP contribution in [0.1, 0.15) is 44.2 Å². The Kier molecular flexibility index (Phi) is 6.95. The molecule has 0 aliphatic heterocycles. The maximum Gasteiger partial charge on any atom is 0.407 e. The lowest BCUT2D eigenvalue weighted by atomic mass is 9.98. The molecule has 3 atom stereocenters. The zero-order chi connectivity index (χ0) is 22.5. The highest BCUT2D eigenvalue weighted by molar-refractivity contribution is 5.80. The number of hydrogen-bond acceptors (Lipinski definition) is 4. The van der Waals surface area contributed by atoms with E-state index in [1.165, 1.54) is 6.92 Å². The van der Waals surface area contributed by atoms with E-state index in [-0.39, 0.29) is 24.9 Å². The lowest BCUT2D eigenvalue weighted by Crippen LogP contribution is -2.43. The first kappa shape index (κ1) is 22.3. The highest BCUT2D eigenvalue weighted by Crippen LogP contribution is 2.44. The Balaban J connectivity index is 1.51. The molecule has 3 rings (SSSR count). The van der Waals surface area contributed by atoms with Crippen LogP contribution in [0, 0.1) is 5.92 Å². The molecule has 0 radical (unpaired) electrons. The third-order valence-electron chi connectivity index (χ3n) is 5.73. The lowest BCUT2D eigenvalue weighted by molar-refractivity contribution is -0.142. The molecule has 31 heavy (non-hydrogen) atoms. The number of fused-ring (bicyclic) bond motifs is 3. The molecule has 0 heterocycles. The van der Waals surface area contributed by atoms with Gasteiger partial charge in [-0.05, 0) is 43.0 Å². The van der Waals surface area contributed by atoms with Gasteiger partial charge in [-0.2, -0.15) is 0 Å². The quantitative estimate of drug-likeness (QED) is 0.601. The Morgan fingerprint density at radius 2 is 1.48 bits per heavy atom. The number of carbonyl (C=O) groups is 3. The van der Waals surface area contributed by atoms with E-state index in [1.54, 1.807) is 13.8 Å². The van der Waals surface area contributed by atoms with E-state index in [4.69, 9.17) is 9.84 Å². The first-order chi connectivity index (χ1) is 14.8. The van der Waals surface area contributed by atoms with Gasteiger partial charge in [-0.1, -0.05) is 48.5 Å². The summed E-state index contributed by atoms with van der Waals surface area (Å²) in [5, 5.41) is 14.3. The van der Waals surface area contributed by atoms with Crippen molar-refractivity contribution >= 4 is 18.0 Å². The number of benzene rings is 2. The fraction of sp³-hybridized carbons (Fsp3) is 0.375. The lowest BCUT2D eigenvalue weighted by Gasteiger charge is -2.20. The van der Waals surface area contributed by atoms with Gasteiger partial charge in [0.25, 0.3) is 0 Å². The van der Waals surface area contributed by atoms with Crippen LogP contribution in [0.25, 0.3) is 11.1 Å². The van der Waals surface area contributed by atoms with Gasteiger partial charge in [-0.15, -0.1) is 0 Å². The Hall–Kier alpha value is -3.35. The molecule has 164 valence electrons. The Morgan fingerprint density at radius 1 is 0.935 bits per heavy atom. The van der Waals surface area contributed by atoms with E-state index >= 15 is 0 Å². The van der Waals surface area contributed by atoms with E-state index in [2.05, 4.69) is 22.8 Å². The van der Waals surface area contributed by atoms with Crippen molar-refractivity contribution in [2.45, 2.75) is 45.2 Å². The van der Waals surface area contributed by atoms with Crippen LogP contribution in [0.2, 0.25) is 0 Å². The zero-order valence-corrected chi connectivity index (χ0v) is 17.9. The molecule has 0 aromatic heterocycles. The summed E-state index contributed by atoms with van der Waals surface area (Å²) in [4.78, 5) is 35.4. The van der Waals surface area contributed by atoms with Crippen LogP contribution >= 0.6 is 0 Å². The molecule has 0 bridgehead atoms. The van der Waals surface area contributed by atoms with Crippen LogP contribution < -0.4 is 10.6 Å². The van der Waals surface area contributed by atoms with E-state index in [0.29, 0.717) is 0 Å². The number of rotatable bonds is 8. The molecule has 0 saturated heterocycles. The Morgan fingerprint density at radius 3 is 2.03 bits per heavy atom. The molecule has 2 amide bonds. The van der Waals surface area contributed by atoms with Gasteiger partial charge < -0.3 is 20.5 Å². The zero-order valence-electron chi connectivity index (χ0n) is 17.9. The molecular weight excluding hydrogens is 396 g/mol. The summed E-state index contributed by atoms with van der Waals surface area (Å²) in [6.07, 6.45) is -0.560. The summed E-state index contributed by atoms with van der Waals surface area (Å²) >= 11 is 0. The van der Waals surface area contributed by atoms with Crippen LogP contribution in [0.4, 0.5) is 4.79 Å². The molecular formula is C24H28N2O5. The van der Waals surface area contributed by atoms with Crippen molar-refractivity contribution in [2.75, 3.05) is 6.61 Å². The second-order valence-corrected chi connectivity index (χ2v) is 8.06. The topological polar surface area (TPSA) is 105 Å². The fourth-order valence-corrected chi connectivity index (χ4v) is 3.82. The van der Waals surface area contributed by atoms with E-state index in [1.807, 2.05) is 36.4 Å². The van der Waals surface area contributed by atoms with E-state index in [9.17, 15) is 14.4 Å². The number of hydrogen-bond donors (Lipinski definition) is 3. The molecule has 1 aliphatic carbocycles. The maximum absolute atomic E-state index is 12.3. The third kappa shape index (κ3) is 5.23. The van der Waals surface area contributed by atoms with E-state index in [0.717, 1.165) is 22.3 Å². The minimum Gasteiger partial charge on any atom is -0.481 e. The van der Waals surface area contributed by atoms with Crippen LogP contribution in [0.5, 0.6) is 0 Å². The van der Waals surface area contributed by atoms with Gasteiger partial charge in [0.05, 0.1) is 5.92 Å². The SMILES string of the molecule is CC(CC(=O)NC(C)C(C)C(=O)O)NC(=O)OCC1c2ccccc2-c2ccccc21. The minimum atomic E-state index is -0.974. The van der Waals surface area contributed by atoms with Crippen molar-refractivity contribution < 1.29 is 24.2 Å². The summed E-state index contributed by atoms with van der Waals surface area (Å²) in [5.74, 6) is -2.03. The number of alkyl carbamates (subject to hydrolysis) is 1. The largest absolute Gasteiger partial charge is 0.481 e. The third-order valence-corrected chi connectivity index (χ3v) is 5.73. The molecule has 7 heteroatoms. The molecule has 2 aromatic carbocycles. The van der Waals surface area contributed by atoms with Crippen molar-refractivity contribution in [1.29, 1.82) is 0 Å². The molecule has 2 aromatic rings. The summed E-state index contributed by atoms with van der Waals surface area (Å²) in [6, 6.07) is 15.2. The van der Waals surface area contributed by atoms with Crippen molar-refractivity contribution in [2.24, 2.45) is 5.92 Å². The predicted octanol–water partition coefficient (Wildman–Crippen LogP) is 3.53. The molecule has 7 nitrogen and oxygen atoms in total. The van der Waals surface area contributed by atoms with Crippen LogP contribution in [-0.2, 0) is 14.3 Å². The van der Waals surface area contributed by atoms with Gasteiger partial charge in [0.15, 0.2) is 0 Å². The van der Waals surface area contributed by atoms with Crippen LogP contribution in [0.3, 0.4) is 0 Å². The molecule has 3 unspecified atom stereocenters. The number of ether oxygens (including phenoxy) is 1. The van der Waals surface area contributed by atoms with Crippen molar-refractivity contribution in [3.63, 3.8) is 0 Å². The molecule has 0 fully saturated rings. The number of nitrogens with one attached hydrogen (secondary N) is 2. The van der Waals surface area contributed by atoms with Crippen LogP contribution in [0.15, 0.2) is 48.5 Å². The monoisotopic (exact) mass is 424 g/mol. The maximum atomic E-state index is 12.3. The van der Waals surface area contributed by atoms with Crippen LogP contribution in [-0.4, -0.2) is 41.8 Å². The summed E-state index contributed by atoms with van der Waals surface area (Å²) in [7, 11) is 0.